The Morgan fingerprint density at radius 1 is 1.39 bits per heavy atom. The molecule has 0 bridgehead atoms. The number of hydrogen-bond acceptors (Lipinski definition) is 3. The van der Waals surface area contributed by atoms with Crippen molar-refractivity contribution in [1.29, 1.82) is 0 Å². The summed E-state index contributed by atoms with van der Waals surface area (Å²) in [5.74, 6) is -1.56. The fraction of sp³-hybridized carbons (Fsp3) is 0.182. The van der Waals surface area contributed by atoms with Crippen molar-refractivity contribution < 1.29 is 23.1 Å². The molecule has 1 unspecified atom stereocenters. The van der Waals surface area contributed by atoms with Crippen LogP contribution in [0.5, 0.6) is 0 Å². The first-order valence-electron chi connectivity index (χ1n) is 4.80. The van der Waals surface area contributed by atoms with Gasteiger partial charge in [-0.25, -0.2) is 4.79 Å². The lowest BCUT2D eigenvalue weighted by atomic mass is 10.1. The number of alkyl halides is 3. The van der Waals surface area contributed by atoms with Crippen LogP contribution in [0, 0.1) is 0 Å². The maximum atomic E-state index is 12.8. The van der Waals surface area contributed by atoms with Crippen molar-refractivity contribution in [3.8, 4) is 0 Å². The average Bonchev–Trinajstić information content (AvgIpc) is 2.25. The van der Waals surface area contributed by atoms with E-state index in [0.717, 1.165) is 6.08 Å². The van der Waals surface area contributed by atoms with Crippen LogP contribution < -0.4 is 0 Å². The summed E-state index contributed by atoms with van der Waals surface area (Å²) in [6.45, 7) is 0. The van der Waals surface area contributed by atoms with Crippen LogP contribution in [0.4, 0.5) is 13.2 Å². The van der Waals surface area contributed by atoms with Crippen molar-refractivity contribution in [3.63, 3.8) is 0 Å². The fourth-order valence-corrected chi connectivity index (χ4v) is 2.90. The monoisotopic (exact) mass is 292 g/mol. The minimum absolute atomic E-state index is 0.403. The Morgan fingerprint density at radius 2 is 2.06 bits per heavy atom. The number of thioether (sulfide) groups is 1. The van der Waals surface area contributed by atoms with Gasteiger partial charge in [-0.2, -0.15) is 13.2 Å². The van der Waals surface area contributed by atoms with Crippen molar-refractivity contribution >= 4 is 36.4 Å². The van der Waals surface area contributed by atoms with Gasteiger partial charge in [0, 0.05) is 9.79 Å². The number of halogens is 3. The van der Waals surface area contributed by atoms with Crippen LogP contribution in [0.25, 0.3) is 6.08 Å². The second-order valence-electron chi connectivity index (χ2n) is 3.67. The highest BCUT2D eigenvalue weighted by Crippen LogP contribution is 2.45. The van der Waals surface area contributed by atoms with Gasteiger partial charge in [-0.1, -0.05) is 0 Å². The third-order valence-corrected chi connectivity index (χ3v) is 4.04. The van der Waals surface area contributed by atoms with E-state index in [1.165, 1.54) is 6.07 Å². The lowest BCUT2D eigenvalue weighted by Gasteiger charge is -2.25. The van der Waals surface area contributed by atoms with E-state index in [9.17, 15) is 18.0 Å². The fourth-order valence-electron chi connectivity index (χ4n) is 1.61. The summed E-state index contributed by atoms with van der Waals surface area (Å²) in [5.41, 5.74) is -0.204. The zero-order valence-corrected chi connectivity index (χ0v) is 10.4. The molecule has 0 saturated carbocycles. The summed E-state index contributed by atoms with van der Waals surface area (Å²) in [5, 5.41) is 6.83. The second kappa shape index (κ2) is 4.55. The van der Waals surface area contributed by atoms with Crippen LogP contribution in [0.1, 0.15) is 5.56 Å². The Balaban J connectivity index is 2.53. The topological polar surface area (TPSA) is 37.3 Å². The minimum Gasteiger partial charge on any atom is -0.478 e. The largest absolute Gasteiger partial charge is 0.478 e. The number of rotatable bonds is 1. The van der Waals surface area contributed by atoms with Gasteiger partial charge in [-0.05, 0) is 29.8 Å². The van der Waals surface area contributed by atoms with Crippen LogP contribution in [0.15, 0.2) is 33.6 Å². The standard InChI is InChI=1S/C11H7F3O2S2/c12-11(13,14)9-7(10(15)16)4-5-3-6(17)1-2-8(5)18-9/h1-4,9,17H,(H,15,16). The SMILES string of the molecule is O=C(O)C1=Cc2cc(S)ccc2SC1C(F)(F)F. The molecule has 0 fully saturated rings. The highest BCUT2D eigenvalue weighted by atomic mass is 32.2. The van der Waals surface area contributed by atoms with Crippen LogP contribution in [-0.2, 0) is 4.79 Å². The van der Waals surface area contributed by atoms with Gasteiger partial charge in [-0.15, -0.1) is 24.4 Å². The molecule has 1 aliphatic rings. The first kappa shape index (κ1) is 13.4. The van der Waals surface area contributed by atoms with Gasteiger partial charge in [0.05, 0.1) is 5.57 Å². The normalized spacial score (nSPS) is 19.1. The molecule has 7 heteroatoms. The number of carboxylic acids is 1. The summed E-state index contributed by atoms with van der Waals surface area (Å²) in [4.78, 5) is 11.9. The molecular formula is C11H7F3O2S2. The molecule has 18 heavy (non-hydrogen) atoms. The van der Waals surface area contributed by atoms with Gasteiger partial charge in [0.25, 0.3) is 0 Å². The number of carboxylic acid groups (broad SMARTS) is 1. The molecule has 2 nitrogen and oxygen atoms in total. The second-order valence-corrected chi connectivity index (χ2v) is 5.33. The van der Waals surface area contributed by atoms with Crippen molar-refractivity contribution in [2.24, 2.45) is 0 Å². The molecule has 1 aliphatic heterocycles. The van der Waals surface area contributed by atoms with Crippen molar-refractivity contribution in [2.75, 3.05) is 0 Å². The number of aliphatic carboxylic acids is 1. The van der Waals surface area contributed by atoms with E-state index in [0.29, 0.717) is 27.1 Å². The summed E-state index contributed by atoms with van der Waals surface area (Å²) >= 11 is 4.57. The smallest absolute Gasteiger partial charge is 0.405 e. The van der Waals surface area contributed by atoms with Gasteiger partial charge >= 0.3 is 12.1 Å². The number of hydrogen-bond donors (Lipinski definition) is 2. The molecule has 0 aromatic heterocycles. The molecule has 0 saturated heterocycles. The van der Waals surface area contributed by atoms with Gasteiger partial charge < -0.3 is 5.11 Å². The predicted molar refractivity (Wildman–Crippen MR) is 65.0 cm³/mol. The van der Waals surface area contributed by atoms with Gasteiger partial charge in [-0.3, -0.25) is 0 Å². The molecule has 1 heterocycles. The van der Waals surface area contributed by atoms with E-state index in [4.69, 9.17) is 5.11 Å². The lowest BCUT2D eigenvalue weighted by molar-refractivity contribution is -0.140. The molecule has 1 atom stereocenters. The molecule has 2 rings (SSSR count). The Labute approximate surface area is 110 Å². The van der Waals surface area contributed by atoms with E-state index in [1.807, 2.05) is 0 Å². The van der Waals surface area contributed by atoms with E-state index >= 15 is 0 Å². The quantitative estimate of drug-likeness (QED) is 0.778. The molecule has 0 radical (unpaired) electrons. The summed E-state index contributed by atoms with van der Waals surface area (Å²) < 4.78 is 38.4. The molecule has 0 amide bonds. The molecule has 1 N–H and O–H groups in total. The van der Waals surface area contributed by atoms with E-state index in [2.05, 4.69) is 12.6 Å². The number of thiol groups is 1. The van der Waals surface area contributed by atoms with Crippen LogP contribution in [-0.4, -0.2) is 22.5 Å². The third kappa shape index (κ3) is 2.51. The van der Waals surface area contributed by atoms with Crippen molar-refractivity contribution in [1.82, 2.24) is 0 Å². The number of carbonyl (C=O) groups is 1. The van der Waals surface area contributed by atoms with Crippen molar-refractivity contribution in [2.45, 2.75) is 21.2 Å². The minimum atomic E-state index is -4.59. The van der Waals surface area contributed by atoms with Crippen molar-refractivity contribution in [3.05, 3.63) is 29.3 Å². The Hall–Kier alpha value is -1.08. The molecule has 1 aromatic rings. The van der Waals surface area contributed by atoms with E-state index < -0.39 is 23.0 Å². The predicted octanol–water partition coefficient (Wildman–Crippen LogP) is 3.48. The van der Waals surface area contributed by atoms with E-state index in [-0.39, 0.29) is 0 Å². The van der Waals surface area contributed by atoms with Crippen LogP contribution in [0.2, 0.25) is 0 Å². The Morgan fingerprint density at radius 3 is 2.61 bits per heavy atom. The van der Waals surface area contributed by atoms with Gasteiger partial charge in [0.1, 0.15) is 5.25 Å². The first-order chi connectivity index (χ1) is 8.29. The Bertz CT molecular complexity index is 538. The Kier molecular flexibility index (Phi) is 3.37. The zero-order valence-electron chi connectivity index (χ0n) is 8.73. The average molecular weight is 292 g/mol. The highest BCUT2D eigenvalue weighted by Gasteiger charge is 2.46. The third-order valence-electron chi connectivity index (χ3n) is 2.38. The maximum Gasteiger partial charge on any atom is 0.405 e. The maximum absolute atomic E-state index is 12.8. The zero-order chi connectivity index (χ0) is 13.5. The highest BCUT2D eigenvalue weighted by molar-refractivity contribution is 8.00. The molecule has 1 aromatic carbocycles. The first-order valence-corrected chi connectivity index (χ1v) is 6.13. The van der Waals surface area contributed by atoms with Crippen LogP contribution in [0.3, 0.4) is 0 Å². The van der Waals surface area contributed by atoms with Crippen LogP contribution >= 0.6 is 24.4 Å². The number of benzene rings is 1. The summed E-state index contributed by atoms with van der Waals surface area (Å²) in [6.07, 6.45) is -3.53. The lowest BCUT2D eigenvalue weighted by Crippen LogP contribution is -2.32. The van der Waals surface area contributed by atoms with E-state index in [1.54, 1.807) is 12.1 Å². The number of fused-ring (bicyclic) bond motifs is 1. The molecule has 96 valence electrons. The molecular weight excluding hydrogens is 285 g/mol. The molecule has 0 aliphatic carbocycles. The van der Waals surface area contributed by atoms with Gasteiger partial charge in [0.15, 0.2) is 0 Å². The summed E-state index contributed by atoms with van der Waals surface area (Å²) in [7, 11) is 0. The molecule has 0 spiro atoms. The van der Waals surface area contributed by atoms with Gasteiger partial charge in [0.2, 0.25) is 0 Å². The summed E-state index contributed by atoms with van der Waals surface area (Å²) in [6, 6.07) is 4.62.